The van der Waals surface area contributed by atoms with Crippen molar-refractivity contribution in [1.29, 1.82) is 0 Å². The van der Waals surface area contributed by atoms with Crippen molar-refractivity contribution < 1.29 is 9.47 Å². The van der Waals surface area contributed by atoms with E-state index in [-0.39, 0.29) is 21.1 Å². The zero-order chi connectivity index (χ0) is 11.6. The fourth-order valence-electron chi connectivity index (χ4n) is 1.54. The van der Waals surface area contributed by atoms with Crippen LogP contribution in [0.4, 0.5) is 5.69 Å². The first-order valence-corrected chi connectivity index (χ1v) is 7.29. The number of aromatic nitrogens is 1. The molecular weight excluding hydrogens is 271 g/mol. The van der Waals surface area contributed by atoms with E-state index >= 15 is 0 Å². The van der Waals surface area contributed by atoms with Gasteiger partial charge in [-0.1, -0.05) is 0 Å². The van der Waals surface area contributed by atoms with E-state index < -0.39 is 5.79 Å². The number of nitrogens with two attached hydrogens (primary N) is 1. The predicted octanol–water partition coefficient (Wildman–Crippen LogP) is 0.563. The van der Waals surface area contributed by atoms with Gasteiger partial charge in [-0.25, -0.2) is 0 Å². The maximum atomic E-state index is 5.84. The van der Waals surface area contributed by atoms with E-state index in [0.29, 0.717) is 6.61 Å². The third-order valence-electron chi connectivity index (χ3n) is 2.27. The number of hydrogen-bond donors (Lipinski definition) is 1. The van der Waals surface area contributed by atoms with Gasteiger partial charge in [-0.15, -0.1) is 0 Å². The maximum absolute atomic E-state index is 5.84. The number of rotatable bonds is 3. The molecule has 0 aliphatic carbocycles. The van der Waals surface area contributed by atoms with E-state index in [1.807, 2.05) is 26.0 Å². The van der Waals surface area contributed by atoms with Crippen molar-refractivity contribution in [3.63, 3.8) is 0 Å². The van der Waals surface area contributed by atoms with Gasteiger partial charge in [-0.3, -0.25) is 0 Å². The summed E-state index contributed by atoms with van der Waals surface area (Å²) in [6.07, 6.45) is 1.96. The van der Waals surface area contributed by atoms with E-state index in [1.165, 1.54) is 0 Å². The van der Waals surface area contributed by atoms with Gasteiger partial charge in [0.05, 0.1) is 0 Å². The molecule has 4 nitrogen and oxygen atoms in total. The second kappa shape index (κ2) is 4.72. The van der Waals surface area contributed by atoms with Crippen LogP contribution in [0, 0.1) is 0 Å². The van der Waals surface area contributed by atoms with Crippen molar-refractivity contribution in [3.05, 3.63) is 18.3 Å². The molecular formula is C11H16N2O2Se. The number of pyridine rings is 1. The third-order valence-corrected chi connectivity index (χ3v) is 4.69. The SMILES string of the molecule is CC1(C)OCC(C[Se]c2ncccc2N)O1. The van der Waals surface area contributed by atoms with Gasteiger partial charge in [0.2, 0.25) is 0 Å². The monoisotopic (exact) mass is 288 g/mol. The Balaban J connectivity index is 1.87. The summed E-state index contributed by atoms with van der Waals surface area (Å²) in [7, 11) is 0. The molecule has 0 saturated carbocycles. The summed E-state index contributed by atoms with van der Waals surface area (Å²) in [5.74, 6) is -0.434. The average Bonchev–Trinajstić information content (AvgIpc) is 2.57. The normalized spacial score (nSPS) is 23.5. The van der Waals surface area contributed by atoms with Gasteiger partial charge in [0.15, 0.2) is 0 Å². The van der Waals surface area contributed by atoms with Crippen molar-refractivity contribution in [1.82, 2.24) is 4.98 Å². The van der Waals surface area contributed by atoms with E-state index in [1.54, 1.807) is 6.20 Å². The molecule has 16 heavy (non-hydrogen) atoms. The molecule has 2 N–H and O–H groups in total. The zero-order valence-electron chi connectivity index (χ0n) is 9.47. The van der Waals surface area contributed by atoms with Crippen molar-refractivity contribution >= 4 is 25.2 Å². The van der Waals surface area contributed by atoms with Crippen LogP contribution < -0.4 is 10.3 Å². The summed E-state index contributed by atoms with van der Waals surface area (Å²) in [6, 6.07) is 3.74. The second-order valence-corrected chi connectivity index (χ2v) is 6.28. The average molecular weight is 287 g/mol. The standard InChI is InChI=1S/C11H16N2O2Se/c1-11(2)14-6-8(15-11)7-16-10-9(12)4-3-5-13-10/h3-5,8H,6-7,12H2,1-2H3. The van der Waals surface area contributed by atoms with Crippen LogP contribution >= 0.6 is 0 Å². The summed E-state index contributed by atoms with van der Waals surface area (Å²) >= 11 is 0.250. The van der Waals surface area contributed by atoms with Crippen LogP contribution in [0.5, 0.6) is 0 Å². The van der Waals surface area contributed by atoms with Gasteiger partial charge in [-0.05, 0) is 0 Å². The first-order chi connectivity index (χ1) is 7.57. The van der Waals surface area contributed by atoms with Gasteiger partial charge in [0, 0.05) is 0 Å². The van der Waals surface area contributed by atoms with Crippen LogP contribution in [0.1, 0.15) is 13.8 Å². The van der Waals surface area contributed by atoms with Crippen LogP contribution in [0.25, 0.3) is 0 Å². The molecule has 88 valence electrons. The minimum atomic E-state index is -0.434. The molecule has 1 saturated heterocycles. The van der Waals surface area contributed by atoms with Gasteiger partial charge in [-0.2, -0.15) is 0 Å². The Morgan fingerprint density at radius 2 is 2.44 bits per heavy atom. The molecule has 1 aliphatic heterocycles. The Morgan fingerprint density at radius 1 is 1.62 bits per heavy atom. The second-order valence-electron chi connectivity index (χ2n) is 4.16. The first-order valence-electron chi connectivity index (χ1n) is 5.22. The molecule has 1 aromatic heterocycles. The first kappa shape index (κ1) is 11.9. The summed E-state index contributed by atoms with van der Waals surface area (Å²) < 4.78 is 12.2. The quantitative estimate of drug-likeness (QED) is 0.826. The molecule has 2 heterocycles. The van der Waals surface area contributed by atoms with Crippen LogP contribution in [0.2, 0.25) is 5.32 Å². The minimum absolute atomic E-state index is 0.177. The number of anilines is 1. The molecule has 2 rings (SSSR count). The van der Waals surface area contributed by atoms with Gasteiger partial charge in [0.25, 0.3) is 0 Å². The number of nitrogens with zero attached hydrogens (tertiary/aromatic N) is 1. The Hall–Kier alpha value is -0.611. The van der Waals surface area contributed by atoms with E-state index in [0.717, 1.165) is 15.6 Å². The molecule has 1 unspecified atom stereocenters. The molecule has 1 atom stereocenters. The summed E-state index contributed by atoms with van der Waals surface area (Å²) in [6.45, 7) is 4.55. The Labute approximate surface area is 102 Å². The summed E-state index contributed by atoms with van der Waals surface area (Å²) in [5.41, 5.74) is 6.62. The molecule has 1 aliphatic rings. The van der Waals surface area contributed by atoms with Crippen LogP contribution in [0.3, 0.4) is 0 Å². The predicted molar refractivity (Wildman–Crippen MR) is 63.7 cm³/mol. The van der Waals surface area contributed by atoms with Gasteiger partial charge < -0.3 is 0 Å². The Morgan fingerprint density at radius 3 is 3.06 bits per heavy atom. The van der Waals surface area contributed by atoms with Crippen LogP contribution in [-0.2, 0) is 9.47 Å². The molecule has 0 radical (unpaired) electrons. The van der Waals surface area contributed by atoms with Crippen molar-refractivity contribution in [2.45, 2.75) is 31.1 Å². The number of hydrogen-bond acceptors (Lipinski definition) is 4. The fourth-order valence-corrected chi connectivity index (χ4v) is 3.38. The molecule has 0 amide bonds. The molecule has 5 heteroatoms. The molecule has 0 bridgehead atoms. The van der Waals surface area contributed by atoms with E-state index in [4.69, 9.17) is 15.2 Å². The topological polar surface area (TPSA) is 57.4 Å². The fraction of sp³-hybridized carbons (Fsp3) is 0.545. The molecule has 1 aromatic rings. The van der Waals surface area contributed by atoms with Crippen LogP contribution in [0.15, 0.2) is 18.3 Å². The number of nitrogen functional groups attached to an aromatic ring is 1. The molecule has 0 spiro atoms. The van der Waals surface area contributed by atoms with Gasteiger partial charge >= 0.3 is 101 Å². The third kappa shape index (κ3) is 2.95. The van der Waals surface area contributed by atoms with Crippen molar-refractivity contribution in [2.75, 3.05) is 12.3 Å². The van der Waals surface area contributed by atoms with E-state index in [9.17, 15) is 0 Å². The van der Waals surface area contributed by atoms with Crippen LogP contribution in [-0.4, -0.2) is 38.4 Å². The molecule has 1 fully saturated rings. The molecule has 0 aromatic carbocycles. The zero-order valence-corrected chi connectivity index (χ0v) is 11.2. The number of ether oxygens (including phenoxy) is 2. The van der Waals surface area contributed by atoms with Crippen molar-refractivity contribution in [2.24, 2.45) is 0 Å². The van der Waals surface area contributed by atoms with Crippen molar-refractivity contribution in [3.8, 4) is 0 Å². The van der Waals surface area contributed by atoms with E-state index in [2.05, 4.69) is 4.98 Å². The van der Waals surface area contributed by atoms with Gasteiger partial charge in [0.1, 0.15) is 0 Å². The Bertz CT molecular complexity index is 371. The summed E-state index contributed by atoms with van der Waals surface area (Å²) in [4.78, 5) is 4.28. The Kier molecular flexibility index (Phi) is 3.50. The summed E-state index contributed by atoms with van der Waals surface area (Å²) in [5, 5.41) is 0.956.